The molecule has 0 saturated heterocycles. The third-order valence-electron chi connectivity index (χ3n) is 5.96. The number of amides is 2. The van der Waals surface area contributed by atoms with Crippen molar-refractivity contribution < 1.29 is 27.1 Å². The van der Waals surface area contributed by atoms with Gasteiger partial charge in [-0.25, -0.2) is 28.4 Å². The number of rotatable bonds is 4. The molecular formula is C22H20N8O6S2. The van der Waals surface area contributed by atoms with Crippen molar-refractivity contribution in [2.75, 3.05) is 12.5 Å². The number of carbonyl (C=O) groups excluding carboxylic acids is 2. The molecular weight excluding hydrogens is 536 g/mol. The van der Waals surface area contributed by atoms with Crippen LogP contribution in [0.25, 0.3) is 22.8 Å². The second kappa shape index (κ2) is 9.60. The molecule has 0 radical (unpaired) electrons. The molecule has 38 heavy (non-hydrogen) atoms. The van der Waals surface area contributed by atoms with Crippen LogP contribution in [0.2, 0.25) is 0 Å². The van der Waals surface area contributed by atoms with Crippen molar-refractivity contribution in [1.82, 2.24) is 30.2 Å². The number of fused-ring (bicyclic) bond motifs is 6. The van der Waals surface area contributed by atoms with Gasteiger partial charge in [0, 0.05) is 29.8 Å². The summed E-state index contributed by atoms with van der Waals surface area (Å²) in [5.74, 6) is -1.17. The van der Waals surface area contributed by atoms with Gasteiger partial charge in [-0.05, 0) is 43.1 Å². The van der Waals surface area contributed by atoms with Crippen LogP contribution in [0, 0.1) is 0 Å². The molecule has 0 atom stereocenters. The van der Waals surface area contributed by atoms with Crippen molar-refractivity contribution in [3.63, 3.8) is 0 Å². The van der Waals surface area contributed by atoms with Crippen molar-refractivity contribution in [2.24, 2.45) is 11.5 Å². The third-order valence-corrected chi connectivity index (χ3v) is 7.38. The second-order valence-electron chi connectivity index (χ2n) is 8.44. The zero-order valence-electron chi connectivity index (χ0n) is 20.1. The normalized spacial score (nSPS) is 13.3. The molecule has 0 unspecified atom stereocenters. The number of hydrogen-bond donors (Lipinski definition) is 2. The van der Waals surface area contributed by atoms with E-state index < -0.39 is 21.7 Å². The van der Waals surface area contributed by atoms with Gasteiger partial charge in [0.25, 0.3) is 11.8 Å². The minimum Gasteiger partial charge on any atom is -0.363 e. The smallest absolute Gasteiger partial charge is 0.287 e. The molecule has 0 bridgehead atoms. The van der Waals surface area contributed by atoms with E-state index in [1.807, 2.05) is 6.26 Å². The van der Waals surface area contributed by atoms with E-state index in [4.69, 9.17) is 20.5 Å². The number of thioether (sulfide) groups is 1. The Morgan fingerprint density at radius 1 is 0.816 bits per heavy atom. The van der Waals surface area contributed by atoms with Crippen molar-refractivity contribution in [2.45, 2.75) is 36.0 Å². The van der Waals surface area contributed by atoms with E-state index in [2.05, 4.69) is 30.2 Å². The highest BCUT2D eigenvalue weighted by molar-refractivity contribution is 7.98. The first-order chi connectivity index (χ1) is 18.1. The van der Waals surface area contributed by atoms with Crippen LogP contribution >= 0.6 is 11.8 Å². The van der Waals surface area contributed by atoms with Gasteiger partial charge >= 0.3 is 0 Å². The van der Waals surface area contributed by atoms with Gasteiger partial charge in [-0.15, -0.1) is 0 Å². The molecule has 196 valence electrons. The Hall–Kier alpha value is -4.18. The van der Waals surface area contributed by atoms with Crippen LogP contribution in [-0.2, 0) is 35.5 Å². The zero-order chi connectivity index (χ0) is 27.2. The number of nitrogens with two attached hydrogens (primary N) is 2. The summed E-state index contributed by atoms with van der Waals surface area (Å²) in [6, 6.07) is 0. The molecule has 0 aromatic carbocycles. The van der Waals surface area contributed by atoms with Gasteiger partial charge < -0.3 is 20.5 Å². The monoisotopic (exact) mass is 556 g/mol. The lowest BCUT2D eigenvalue weighted by molar-refractivity contribution is 0.0956. The fourth-order valence-corrected chi connectivity index (χ4v) is 5.04. The van der Waals surface area contributed by atoms with Gasteiger partial charge in [-0.3, -0.25) is 9.59 Å². The summed E-state index contributed by atoms with van der Waals surface area (Å²) in [5.41, 5.74) is 15.6. The number of aromatic nitrogens is 6. The number of primary amides is 2. The van der Waals surface area contributed by atoms with E-state index in [-0.39, 0.29) is 16.7 Å². The van der Waals surface area contributed by atoms with Gasteiger partial charge in [0.05, 0.1) is 0 Å². The maximum Gasteiger partial charge on any atom is 0.287 e. The molecule has 2 amide bonds. The van der Waals surface area contributed by atoms with Crippen LogP contribution in [-0.4, -0.2) is 63.0 Å². The number of nitrogens with zero attached hydrogens (tertiary/aromatic N) is 6. The molecule has 4 N–H and O–H groups in total. The zero-order valence-corrected chi connectivity index (χ0v) is 21.7. The van der Waals surface area contributed by atoms with Crippen LogP contribution in [0.15, 0.2) is 31.8 Å². The Bertz CT molecular complexity index is 1710. The van der Waals surface area contributed by atoms with Gasteiger partial charge in [0.1, 0.15) is 22.8 Å². The SMILES string of the molecule is CS(=O)(=O)c1ncc2c(n1)-c1noc(C(N)=O)c1CC2.CSc1ncc2c(n1)-c1noc(C(N)=O)c1CC2. The predicted octanol–water partition coefficient (Wildman–Crippen LogP) is 0.784. The predicted molar refractivity (Wildman–Crippen MR) is 132 cm³/mol. The highest BCUT2D eigenvalue weighted by Crippen LogP contribution is 2.34. The summed E-state index contributed by atoms with van der Waals surface area (Å²) in [7, 11) is -3.52. The number of hydrogen-bond acceptors (Lipinski definition) is 13. The maximum atomic E-state index is 11.5. The summed E-state index contributed by atoms with van der Waals surface area (Å²) >= 11 is 1.46. The van der Waals surface area contributed by atoms with Crippen molar-refractivity contribution in [3.05, 3.63) is 46.2 Å². The fraction of sp³-hybridized carbons (Fsp3) is 0.273. The summed E-state index contributed by atoms with van der Waals surface area (Å²) in [4.78, 5) is 39.0. The molecule has 0 aliphatic heterocycles. The first-order valence-corrected chi connectivity index (χ1v) is 14.2. The Morgan fingerprint density at radius 2 is 1.32 bits per heavy atom. The number of carbonyl (C=O) groups is 2. The summed E-state index contributed by atoms with van der Waals surface area (Å²) < 4.78 is 32.9. The molecule has 6 rings (SSSR count). The third kappa shape index (κ3) is 4.51. The molecule has 2 aliphatic rings. The first-order valence-electron chi connectivity index (χ1n) is 11.1. The number of sulfone groups is 1. The largest absolute Gasteiger partial charge is 0.363 e. The summed E-state index contributed by atoms with van der Waals surface area (Å²) in [5, 5.41) is 8.09. The van der Waals surface area contributed by atoms with Crippen molar-refractivity contribution in [1.29, 1.82) is 0 Å². The molecule has 0 fully saturated rings. The lowest BCUT2D eigenvalue weighted by Gasteiger charge is -2.13. The Balaban J connectivity index is 0.000000156. The van der Waals surface area contributed by atoms with E-state index in [0.29, 0.717) is 47.1 Å². The lowest BCUT2D eigenvalue weighted by atomic mass is 9.93. The van der Waals surface area contributed by atoms with Gasteiger partial charge in [0.15, 0.2) is 5.16 Å². The molecule has 16 heteroatoms. The van der Waals surface area contributed by atoms with Gasteiger partial charge in [-0.1, -0.05) is 22.1 Å². The van der Waals surface area contributed by atoms with Gasteiger partial charge in [-0.2, -0.15) is 0 Å². The molecule has 0 saturated carbocycles. The van der Waals surface area contributed by atoms with Crippen LogP contribution < -0.4 is 11.5 Å². The van der Waals surface area contributed by atoms with Gasteiger partial charge in [0.2, 0.25) is 26.5 Å². The Labute approximate surface area is 219 Å². The van der Waals surface area contributed by atoms with Crippen LogP contribution in [0.1, 0.15) is 43.4 Å². The summed E-state index contributed by atoms with van der Waals surface area (Å²) in [6.07, 6.45) is 8.71. The number of aryl methyl sites for hydroxylation is 2. The lowest BCUT2D eigenvalue weighted by Crippen LogP contribution is -2.15. The van der Waals surface area contributed by atoms with E-state index >= 15 is 0 Å². The minimum atomic E-state index is -3.52. The van der Waals surface area contributed by atoms with E-state index in [1.54, 1.807) is 6.20 Å². The standard InChI is InChI=1S/C11H10N4O4S.C11H10N4O2S/c1-20(17,18)11-13-4-5-2-3-6-8(7(5)14-11)15-19-9(6)10(12)16;1-18-11-13-4-5-2-3-6-8(7(5)14-11)15-17-9(6)10(12)16/h4H,2-3H2,1H3,(H2,12,16);4H,2-3H2,1H3,(H2,12,16). The van der Waals surface area contributed by atoms with Crippen LogP contribution in [0.4, 0.5) is 0 Å². The topological polar surface area (TPSA) is 224 Å². The fourth-order valence-electron chi connectivity index (χ4n) is 4.20. The molecule has 14 nitrogen and oxygen atoms in total. The first kappa shape index (κ1) is 25.5. The summed E-state index contributed by atoms with van der Waals surface area (Å²) in [6.45, 7) is 0. The highest BCUT2D eigenvalue weighted by atomic mass is 32.2. The van der Waals surface area contributed by atoms with Crippen molar-refractivity contribution in [3.8, 4) is 22.8 Å². The molecule has 2 aliphatic carbocycles. The average Bonchev–Trinajstić information content (AvgIpc) is 3.53. The quantitative estimate of drug-likeness (QED) is 0.262. The van der Waals surface area contributed by atoms with E-state index in [9.17, 15) is 18.0 Å². The average molecular weight is 557 g/mol. The van der Waals surface area contributed by atoms with E-state index in [0.717, 1.165) is 35.1 Å². The Kier molecular flexibility index (Phi) is 6.44. The second-order valence-corrected chi connectivity index (χ2v) is 11.1. The van der Waals surface area contributed by atoms with Crippen LogP contribution in [0.5, 0.6) is 0 Å². The molecule has 0 spiro atoms. The molecule has 4 aromatic heterocycles. The van der Waals surface area contributed by atoms with E-state index in [1.165, 1.54) is 18.0 Å². The Morgan fingerprint density at radius 3 is 1.79 bits per heavy atom. The van der Waals surface area contributed by atoms with Crippen LogP contribution in [0.3, 0.4) is 0 Å². The maximum absolute atomic E-state index is 11.5. The molecule has 4 aromatic rings. The minimum absolute atomic E-state index is 0.00910. The highest BCUT2D eigenvalue weighted by Gasteiger charge is 2.30. The van der Waals surface area contributed by atoms with Crippen molar-refractivity contribution >= 4 is 33.4 Å². The molecule has 4 heterocycles.